The molecule has 3 heteroatoms. The summed E-state index contributed by atoms with van der Waals surface area (Å²) in [6.07, 6.45) is 2.12. The second-order valence-corrected chi connectivity index (χ2v) is 4.85. The van der Waals surface area contributed by atoms with E-state index in [1.165, 1.54) is 0 Å². The molecule has 1 atom stereocenters. The van der Waals surface area contributed by atoms with Crippen molar-refractivity contribution in [3.05, 3.63) is 54.6 Å². The molecule has 0 heterocycles. The lowest BCUT2D eigenvalue weighted by atomic mass is 10.2. The van der Waals surface area contributed by atoms with E-state index in [0.717, 1.165) is 24.3 Å². The van der Waals surface area contributed by atoms with Crippen LogP contribution in [0.2, 0.25) is 0 Å². The maximum atomic E-state index is 11.5. The summed E-state index contributed by atoms with van der Waals surface area (Å²) in [5, 5.41) is 0. The summed E-state index contributed by atoms with van der Waals surface area (Å²) >= 11 is 0. The van der Waals surface area contributed by atoms with Crippen molar-refractivity contribution in [2.24, 2.45) is 0 Å². The van der Waals surface area contributed by atoms with Crippen molar-refractivity contribution in [1.82, 2.24) is 0 Å². The Kier molecular flexibility index (Phi) is 3.68. The van der Waals surface area contributed by atoms with E-state index in [2.05, 4.69) is 0 Å². The number of carbonyl (C=O) groups is 1. The van der Waals surface area contributed by atoms with E-state index in [1.807, 2.05) is 54.6 Å². The fourth-order valence-electron chi connectivity index (χ4n) is 2.28. The predicted octanol–water partition coefficient (Wildman–Crippen LogP) is 3.98. The molecule has 2 aromatic rings. The Labute approximate surface area is 118 Å². The van der Waals surface area contributed by atoms with Crippen LogP contribution < -0.4 is 9.47 Å². The lowest BCUT2D eigenvalue weighted by molar-refractivity contribution is -0.123. The molecule has 0 spiro atoms. The van der Waals surface area contributed by atoms with Crippen molar-refractivity contribution in [3.8, 4) is 17.2 Å². The Morgan fingerprint density at radius 1 is 0.850 bits per heavy atom. The van der Waals surface area contributed by atoms with Gasteiger partial charge in [-0.1, -0.05) is 18.2 Å². The summed E-state index contributed by atoms with van der Waals surface area (Å²) in [6.45, 7) is 0. The highest BCUT2D eigenvalue weighted by molar-refractivity contribution is 5.85. The Balaban J connectivity index is 1.64. The molecule has 2 aromatic carbocycles. The summed E-state index contributed by atoms with van der Waals surface area (Å²) in [7, 11) is 0. The third-order valence-corrected chi connectivity index (χ3v) is 3.33. The van der Waals surface area contributed by atoms with Crippen molar-refractivity contribution < 1.29 is 14.3 Å². The van der Waals surface area contributed by atoms with Gasteiger partial charge in [-0.25, -0.2) is 0 Å². The number of ether oxygens (including phenoxy) is 2. The van der Waals surface area contributed by atoms with Crippen LogP contribution in [0.3, 0.4) is 0 Å². The topological polar surface area (TPSA) is 35.5 Å². The molecule has 1 aliphatic carbocycles. The lowest BCUT2D eigenvalue weighted by Gasteiger charge is -2.12. The first kappa shape index (κ1) is 12.7. The summed E-state index contributed by atoms with van der Waals surface area (Å²) < 4.78 is 11.4. The van der Waals surface area contributed by atoms with Crippen molar-refractivity contribution in [3.63, 3.8) is 0 Å². The van der Waals surface area contributed by atoms with E-state index in [0.29, 0.717) is 12.2 Å². The van der Waals surface area contributed by atoms with Gasteiger partial charge in [0.1, 0.15) is 17.2 Å². The average molecular weight is 268 g/mol. The van der Waals surface area contributed by atoms with Crippen molar-refractivity contribution >= 4 is 5.78 Å². The van der Waals surface area contributed by atoms with Crippen LogP contribution in [0.5, 0.6) is 17.2 Å². The Morgan fingerprint density at radius 2 is 1.50 bits per heavy atom. The molecule has 20 heavy (non-hydrogen) atoms. The second-order valence-electron chi connectivity index (χ2n) is 4.85. The average Bonchev–Trinajstić information content (AvgIpc) is 2.88. The Bertz CT molecular complexity index is 575. The molecule has 0 radical (unpaired) electrons. The molecule has 1 unspecified atom stereocenters. The highest BCUT2D eigenvalue weighted by Crippen LogP contribution is 2.26. The van der Waals surface area contributed by atoms with Crippen LogP contribution >= 0.6 is 0 Å². The SMILES string of the molecule is O=C1CCCC1Oc1ccc(Oc2ccccc2)cc1. The molecule has 0 saturated heterocycles. The molecule has 1 aliphatic rings. The van der Waals surface area contributed by atoms with E-state index in [-0.39, 0.29) is 11.9 Å². The van der Waals surface area contributed by atoms with Crippen LogP contribution in [0.25, 0.3) is 0 Å². The lowest BCUT2D eigenvalue weighted by Crippen LogP contribution is -2.20. The van der Waals surface area contributed by atoms with E-state index in [4.69, 9.17) is 9.47 Å². The zero-order valence-corrected chi connectivity index (χ0v) is 11.1. The zero-order valence-electron chi connectivity index (χ0n) is 11.1. The number of Topliss-reactive ketones (excluding diaryl/α,β-unsaturated/α-hetero) is 1. The fourth-order valence-corrected chi connectivity index (χ4v) is 2.28. The summed E-state index contributed by atoms with van der Waals surface area (Å²) in [4.78, 5) is 11.5. The highest BCUT2D eigenvalue weighted by atomic mass is 16.5. The summed E-state index contributed by atoms with van der Waals surface area (Å²) in [6, 6.07) is 17.0. The number of para-hydroxylation sites is 1. The third-order valence-electron chi connectivity index (χ3n) is 3.33. The van der Waals surface area contributed by atoms with Gasteiger partial charge in [-0.15, -0.1) is 0 Å². The van der Waals surface area contributed by atoms with Crippen molar-refractivity contribution in [2.75, 3.05) is 0 Å². The highest BCUT2D eigenvalue weighted by Gasteiger charge is 2.25. The molecule has 3 rings (SSSR count). The summed E-state index contributed by atoms with van der Waals surface area (Å²) in [5.41, 5.74) is 0. The molecular weight excluding hydrogens is 252 g/mol. The van der Waals surface area contributed by atoms with Crippen LogP contribution in [0.1, 0.15) is 19.3 Å². The standard InChI is InChI=1S/C17H16O3/c18-16-7-4-8-17(16)20-15-11-9-14(10-12-15)19-13-5-2-1-3-6-13/h1-3,5-6,9-12,17H,4,7-8H2. The molecule has 102 valence electrons. The van der Waals surface area contributed by atoms with Gasteiger partial charge in [0.05, 0.1) is 0 Å². The molecule has 0 N–H and O–H groups in total. The van der Waals surface area contributed by atoms with Gasteiger partial charge in [0, 0.05) is 6.42 Å². The van der Waals surface area contributed by atoms with Gasteiger partial charge < -0.3 is 9.47 Å². The number of hydrogen-bond acceptors (Lipinski definition) is 3. The smallest absolute Gasteiger partial charge is 0.173 e. The molecule has 0 amide bonds. The minimum atomic E-state index is -0.268. The molecule has 0 aromatic heterocycles. The van der Waals surface area contributed by atoms with E-state index >= 15 is 0 Å². The van der Waals surface area contributed by atoms with E-state index in [1.54, 1.807) is 0 Å². The van der Waals surface area contributed by atoms with Gasteiger partial charge >= 0.3 is 0 Å². The first-order chi connectivity index (χ1) is 9.81. The summed E-state index contributed by atoms with van der Waals surface area (Å²) in [5.74, 6) is 2.47. The zero-order chi connectivity index (χ0) is 13.8. The Hall–Kier alpha value is -2.29. The normalized spacial score (nSPS) is 18.0. The first-order valence-electron chi connectivity index (χ1n) is 6.83. The first-order valence-corrected chi connectivity index (χ1v) is 6.83. The number of rotatable bonds is 4. The van der Waals surface area contributed by atoms with Gasteiger partial charge in [-0.05, 0) is 49.2 Å². The minimum absolute atomic E-state index is 0.203. The van der Waals surface area contributed by atoms with E-state index < -0.39 is 0 Å². The number of hydrogen-bond donors (Lipinski definition) is 0. The monoisotopic (exact) mass is 268 g/mol. The molecule has 1 saturated carbocycles. The molecule has 3 nitrogen and oxygen atoms in total. The van der Waals surface area contributed by atoms with E-state index in [9.17, 15) is 4.79 Å². The van der Waals surface area contributed by atoms with Gasteiger partial charge in [-0.2, -0.15) is 0 Å². The van der Waals surface area contributed by atoms with Crippen LogP contribution in [0.15, 0.2) is 54.6 Å². The Morgan fingerprint density at radius 3 is 2.15 bits per heavy atom. The fraction of sp³-hybridized carbons (Fsp3) is 0.235. The largest absolute Gasteiger partial charge is 0.483 e. The molecule has 1 fully saturated rings. The second kappa shape index (κ2) is 5.78. The van der Waals surface area contributed by atoms with Crippen molar-refractivity contribution in [2.45, 2.75) is 25.4 Å². The van der Waals surface area contributed by atoms with Crippen molar-refractivity contribution in [1.29, 1.82) is 0 Å². The van der Waals surface area contributed by atoms with Gasteiger partial charge in [-0.3, -0.25) is 4.79 Å². The number of benzene rings is 2. The molecule has 0 bridgehead atoms. The minimum Gasteiger partial charge on any atom is -0.483 e. The van der Waals surface area contributed by atoms with Crippen LogP contribution in [-0.2, 0) is 4.79 Å². The maximum Gasteiger partial charge on any atom is 0.173 e. The predicted molar refractivity (Wildman–Crippen MR) is 76.2 cm³/mol. The number of carbonyl (C=O) groups excluding carboxylic acids is 1. The van der Waals surface area contributed by atoms with Gasteiger partial charge in [0.15, 0.2) is 11.9 Å². The third kappa shape index (κ3) is 2.99. The van der Waals surface area contributed by atoms with Crippen LogP contribution in [0.4, 0.5) is 0 Å². The van der Waals surface area contributed by atoms with Crippen LogP contribution in [-0.4, -0.2) is 11.9 Å². The maximum absolute atomic E-state index is 11.5. The molecule has 0 aliphatic heterocycles. The van der Waals surface area contributed by atoms with Gasteiger partial charge in [0.2, 0.25) is 0 Å². The van der Waals surface area contributed by atoms with Gasteiger partial charge in [0.25, 0.3) is 0 Å². The molecular formula is C17H16O3. The van der Waals surface area contributed by atoms with Crippen LogP contribution in [0, 0.1) is 0 Å². The quantitative estimate of drug-likeness (QED) is 0.841. The number of ketones is 1.